The number of methoxy groups -OCH3 is 1. The minimum atomic E-state index is 0.367. The first-order chi connectivity index (χ1) is 11.0. The van der Waals surface area contributed by atoms with E-state index in [2.05, 4.69) is 60.1 Å². The van der Waals surface area contributed by atoms with Gasteiger partial charge in [0.25, 0.3) is 0 Å². The summed E-state index contributed by atoms with van der Waals surface area (Å²) in [6.45, 7) is 5.98. The molecule has 0 aliphatic carbocycles. The van der Waals surface area contributed by atoms with Crippen molar-refractivity contribution in [2.75, 3.05) is 27.7 Å². The van der Waals surface area contributed by atoms with Gasteiger partial charge in [-0.3, -0.25) is 0 Å². The van der Waals surface area contributed by atoms with Gasteiger partial charge in [0.05, 0.1) is 18.4 Å². The topological polar surface area (TPSA) is 42.3 Å². The van der Waals surface area contributed by atoms with E-state index >= 15 is 0 Å². The number of nitrogens with zero attached hydrogens (tertiary/aromatic N) is 3. The Balaban J connectivity index is 2.08. The smallest absolute Gasteiger partial charge is 0.216 e. The van der Waals surface area contributed by atoms with E-state index in [1.54, 1.807) is 18.4 Å². The van der Waals surface area contributed by atoms with E-state index in [1.165, 1.54) is 5.56 Å². The number of rotatable bonds is 8. The van der Waals surface area contributed by atoms with Gasteiger partial charge in [-0.15, -0.1) is 0 Å². The van der Waals surface area contributed by atoms with Crippen molar-refractivity contribution in [1.29, 1.82) is 0 Å². The van der Waals surface area contributed by atoms with Crippen molar-refractivity contribution in [2.24, 2.45) is 7.05 Å². The second kappa shape index (κ2) is 7.95. The summed E-state index contributed by atoms with van der Waals surface area (Å²) in [6.07, 6.45) is 0. The van der Waals surface area contributed by atoms with Crippen molar-refractivity contribution in [2.45, 2.75) is 32.4 Å². The lowest BCUT2D eigenvalue weighted by atomic mass is 10.1. The Kier molecular flexibility index (Phi) is 6.21. The van der Waals surface area contributed by atoms with Gasteiger partial charge >= 0.3 is 0 Å². The van der Waals surface area contributed by atoms with Crippen LogP contribution in [0.2, 0.25) is 0 Å². The van der Waals surface area contributed by atoms with Crippen molar-refractivity contribution in [1.82, 2.24) is 20.0 Å². The highest BCUT2D eigenvalue weighted by Gasteiger charge is 2.20. The van der Waals surface area contributed by atoms with Crippen LogP contribution in [-0.4, -0.2) is 42.4 Å². The van der Waals surface area contributed by atoms with Crippen LogP contribution in [0.1, 0.15) is 42.6 Å². The fourth-order valence-corrected chi connectivity index (χ4v) is 3.56. The number of ether oxygens (including phenoxy) is 1. The number of hydrogen-bond donors (Lipinski definition) is 1. The maximum absolute atomic E-state index is 5.54. The Morgan fingerprint density at radius 2 is 2.13 bits per heavy atom. The van der Waals surface area contributed by atoms with Gasteiger partial charge in [0.15, 0.2) is 0 Å². The van der Waals surface area contributed by atoms with Crippen molar-refractivity contribution in [3.63, 3.8) is 0 Å². The summed E-state index contributed by atoms with van der Waals surface area (Å²) in [7, 11) is 7.88. The Morgan fingerprint density at radius 3 is 2.65 bits per heavy atom. The Hall–Kier alpha value is -1.37. The molecule has 23 heavy (non-hydrogen) atoms. The molecule has 0 unspecified atom stereocenters. The van der Waals surface area contributed by atoms with Gasteiger partial charge in [-0.2, -0.15) is 16.4 Å². The minimum absolute atomic E-state index is 0.367. The fraction of sp³-hybridized carbons (Fsp3) is 0.588. The van der Waals surface area contributed by atoms with Crippen LogP contribution in [0.3, 0.4) is 0 Å². The third-order valence-corrected chi connectivity index (χ3v) is 4.75. The molecule has 2 aromatic rings. The molecular formula is C17H28N4OS. The van der Waals surface area contributed by atoms with Crippen molar-refractivity contribution >= 4 is 11.3 Å². The molecule has 0 spiro atoms. The van der Waals surface area contributed by atoms with Crippen LogP contribution in [0, 0.1) is 0 Å². The average molecular weight is 337 g/mol. The van der Waals surface area contributed by atoms with Crippen LogP contribution < -0.4 is 10.1 Å². The van der Waals surface area contributed by atoms with E-state index < -0.39 is 0 Å². The maximum atomic E-state index is 5.54. The largest absolute Gasteiger partial charge is 0.481 e. The molecule has 0 saturated heterocycles. The molecular weight excluding hydrogens is 308 g/mol. The molecule has 0 radical (unpaired) electrons. The van der Waals surface area contributed by atoms with E-state index in [9.17, 15) is 0 Å². The Morgan fingerprint density at radius 1 is 1.39 bits per heavy atom. The number of hydrogen-bond acceptors (Lipinski definition) is 5. The third-order valence-electron chi connectivity index (χ3n) is 4.05. The summed E-state index contributed by atoms with van der Waals surface area (Å²) in [5.74, 6) is 1.22. The number of thiophene rings is 1. The van der Waals surface area contributed by atoms with Crippen molar-refractivity contribution < 1.29 is 4.74 Å². The molecule has 5 nitrogen and oxygen atoms in total. The van der Waals surface area contributed by atoms with Gasteiger partial charge < -0.3 is 15.0 Å². The summed E-state index contributed by atoms with van der Waals surface area (Å²) < 4.78 is 7.36. The highest BCUT2D eigenvalue weighted by atomic mass is 32.1. The van der Waals surface area contributed by atoms with Crippen LogP contribution >= 0.6 is 11.3 Å². The predicted octanol–water partition coefficient (Wildman–Crippen LogP) is 3.01. The first kappa shape index (κ1) is 18.0. The molecule has 2 heterocycles. The molecule has 0 aromatic carbocycles. The molecule has 0 amide bonds. The summed E-state index contributed by atoms with van der Waals surface area (Å²) in [4.78, 5) is 2.25. The van der Waals surface area contributed by atoms with Crippen molar-refractivity contribution in [3.05, 3.63) is 33.6 Å². The Labute approximate surface area is 143 Å². The number of nitrogens with one attached hydrogen (secondary N) is 1. The Bertz CT molecular complexity index is 604. The predicted molar refractivity (Wildman–Crippen MR) is 96.3 cm³/mol. The normalized spacial score (nSPS) is 13.0. The summed E-state index contributed by atoms with van der Waals surface area (Å²) in [6, 6.07) is 2.56. The molecule has 0 saturated carbocycles. The van der Waals surface area contributed by atoms with E-state index in [4.69, 9.17) is 4.74 Å². The van der Waals surface area contributed by atoms with E-state index in [0.717, 1.165) is 30.2 Å². The second-order valence-electron chi connectivity index (χ2n) is 6.32. The molecule has 0 aliphatic heterocycles. The molecule has 0 bridgehead atoms. The number of likely N-dealkylation sites (N-methyl/N-ethyl adjacent to an activating group) is 1. The van der Waals surface area contributed by atoms with Gasteiger partial charge in [0, 0.05) is 26.2 Å². The van der Waals surface area contributed by atoms with Crippen LogP contribution in [0.15, 0.2) is 16.8 Å². The molecule has 1 atom stereocenters. The molecule has 0 aliphatic rings. The van der Waals surface area contributed by atoms with Gasteiger partial charge in [-0.25, -0.2) is 4.68 Å². The molecule has 128 valence electrons. The van der Waals surface area contributed by atoms with Gasteiger partial charge in [0.1, 0.15) is 0 Å². The van der Waals surface area contributed by atoms with Crippen LogP contribution in [0.5, 0.6) is 5.88 Å². The third kappa shape index (κ3) is 4.13. The standard InChI is InChI=1S/C17H28N4OS/c1-12(2)16-14(17(22-6)21(5)19-16)9-18-10-15(20(3)4)13-7-8-23-11-13/h7-8,11-12,15,18H,9-10H2,1-6H3/t15-/m1/s1. The first-order valence-electron chi connectivity index (χ1n) is 7.94. The lowest BCUT2D eigenvalue weighted by Gasteiger charge is -2.24. The zero-order valence-electron chi connectivity index (χ0n) is 15.0. The lowest BCUT2D eigenvalue weighted by Crippen LogP contribution is -2.30. The number of aromatic nitrogens is 2. The summed E-state index contributed by atoms with van der Waals surface area (Å²) in [5.41, 5.74) is 3.62. The molecule has 0 fully saturated rings. The zero-order valence-corrected chi connectivity index (χ0v) is 15.8. The molecule has 6 heteroatoms. The quantitative estimate of drug-likeness (QED) is 0.805. The van der Waals surface area contributed by atoms with E-state index in [1.807, 2.05) is 11.7 Å². The van der Waals surface area contributed by atoms with Gasteiger partial charge in [-0.1, -0.05) is 13.8 Å². The van der Waals surface area contributed by atoms with Crippen LogP contribution in [-0.2, 0) is 13.6 Å². The molecule has 2 rings (SSSR count). The fourth-order valence-electron chi connectivity index (χ4n) is 2.85. The summed E-state index contributed by atoms with van der Waals surface area (Å²) >= 11 is 1.74. The van der Waals surface area contributed by atoms with Crippen LogP contribution in [0.25, 0.3) is 0 Å². The van der Waals surface area contributed by atoms with Crippen LogP contribution in [0.4, 0.5) is 0 Å². The lowest BCUT2D eigenvalue weighted by molar-refractivity contribution is 0.288. The van der Waals surface area contributed by atoms with Gasteiger partial charge in [0.2, 0.25) is 5.88 Å². The summed E-state index contributed by atoms with van der Waals surface area (Å²) in [5, 5.41) is 12.5. The van der Waals surface area contributed by atoms with E-state index in [0.29, 0.717) is 12.0 Å². The zero-order chi connectivity index (χ0) is 17.0. The minimum Gasteiger partial charge on any atom is -0.481 e. The highest BCUT2D eigenvalue weighted by molar-refractivity contribution is 7.07. The maximum Gasteiger partial charge on any atom is 0.216 e. The SMILES string of the molecule is COc1c(CNC[C@H](c2ccsc2)N(C)C)c(C(C)C)nn1C. The second-order valence-corrected chi connectivity index (χ2v) is 7.10. The molecule has 1 N–H and O–H groups in total. The van der Waals surface area contributed by atoms with Crippen molar-refractivity contribution in [3.8, 4) is 5.88 Å². The highest BCUT2D eigenvalue weighted by Crippen LogP contribution is 2.27. The van der Waals surface area contributed by atoms with Gasteiger partial charge in [-0.05, 0) is 42.4 Å². The number of aryl methyl sites for hydroxylation is 1. The first-order valence-corrected chi connectivity index (χ1v) is 8.89. The van der Waals surface area contributed by atoms with E-state index in [-0.39, 0.29) is 0 Å². The molecule has 2 aromatic heterocycles. The monoisotopic (exact) mass is 336 g/mol. The average Bonchev–Trinajstić information content (AvgIpc) is 3.11.